The number of carboxylic acids is 1. The summed E-state index contributed by atoms with van der Waals surface area (Å²) in [4.78, 5) is 34.5. The van der Waals surface area contributed by atoms with Crippen molar-refractivity contribution < 1.29 is 43.1 Å². The molecule has 0 saturated carbocycles. The first-order chi connectivity index (χ1) is 14.0. The van der Waals surface area contributed by atoms with Gasteiger partial charge in [0.15, 0.2) is 0 Å². The second-order valence-electron chi connectivity index (χ2n) is 6.14. The van der Waals surface area contributed by atoms with Crippen molar-refractivity contribution in [2.24, 2.45) is 0 Å². The van der Waals surface area contributed by atoms with Gasteiger partial charge in [0, 0.05) is 12.6 Å². The van der Waals surface area contributed by atoms with Crippen molar-refractivity contribution in [2.75, 3.05) is 6.61 Å². The Morgan fingerprint density at radius 2 is 1.90 bits per heavy atom. The molecule has 3 rings (SSSR count). The van der Waals surface area contributed by atoms with Crippen molar-refractivity contribution in [1.29, 1.82) is 0 Å². The van der Waals surface area contributed by atoms with Gasteiger partial charge in [-0.2, -0.15) is 13.2 Å². The van der Waals surface area contributed by atoms with Gasteiger partial charge in [0.05, 0.1) is 12.7 Å². The molecule has 30 heavy (non-hydrogen) atoms. The van der Waals surface area contributed by atoms with Gasteiger partial charge in [-0.15, -0.1) is 0 Å². The van der Waals surface area contributed by atoms with Gasteiger partial charge in [0.25, 0.3) is 5.56 Å². The quantitative estimate of drug-likeness (QED) is 0.460. The molecule has 10 nitrogen and oxygen atoms in total. The number of benzene rings is 1. The van der Waals surface area contributed by atoms with E-state index >= 15 is 0 Å². The summed E-state index contributed by atoms with van der Waals surface area (Å²) in [6, 6.07) is 5.81. The van der Waals surface area contributed by atoms with Crippen LogP contribution >= 0.6 is 0 Å². The van der Waals surface area contributed by atoms with E-state index in [1.54, 1.807) is 17.1 Å². The molecular formula is C17H17F3N2O8. The number of H-pyrrole nitrogens is 1. The van der Waals surface area contributed by atoms with Crippen molar-refractivity contribution in [3.63, 3.8) is 0 Å². The Hall–Kier alpha value is -3.16. The number of hydrogen-bond donors (Lipinski definition) is 5. The lowest BCUT2D eigenvalue weighted by atomic mass is 10.2. The highest BCUT2D eigenvalue weighted by molar-refractivity contribution is 5.90. The highest BCUT2D eigenvalue weighted by Crippen LogP contribution is 2.30. The van der Waals surface area contributed by atoms with Gasteiger partial charge in [-0.05, 0) is 12.1 Å². The van der Waals surface area contributed by atoms with E-state index in [-0.39, 0.29) is 17.7 Å². The summed E-state index contributed by atoms with van der Waals surface area (Å²) >= 11 is 0. The number of ether oxygens (including phenoxy) is 1. The molecule has 0 amide bonds. The second kappa shape index (κ2) is 9.11. The SMILES string of the molecule is O=C(O)c1ccccc1O.O=c1[nH]c(=O)n([C@H]2C[C@H](O)[C@@H](CO)O2)cc1C(F)(F)F. The number of halogens is 3. The van der Waals surface area contributed by atoms with Gasteiger partial charge in [-0.3, -0.25) is 14.3 Å². The summed E-state index contributed by atoms with van der Waals surface area (Å²) in [6.07, 6.45) is -8.04. The minimum Gasteiger partial charge on any atom is -0.507 e. The highest BCUT2D eigenvalue weighted by Gasteiger charge is 2.38. The Kier molecular flexibility index (Phi) is 7.02. The van der Waals surface area contributed by atoms with E-state index in [1.165, 1.54) is 12.1 Å². The molecule has 0 aliphatic carbocycles. The van der Waals surface area contributed by atoms with Crippen molar-refractivity contribution in [2.45, 2.75) is 31.0 Å². The summed E-state index contributed by atoms with van der Waals surface area (Å²) in [6.45, 7) is -0.540. The third-order valence-electron chi connectivity index (χ3n) is 4.10. The lowest BCUT2D eigenvalue weighted by molar-refractivity contribution is -0.139. The number of aromatic nitrogens is 2. The lowest BCUT2D eigenvalue weighted by Gasteiger charge is -2.16. The number of aromatic hydroxyl groups is 1. The summed E-state index contributed by atoms with van der Waals surface area (Å²) in [5.41, 5.74) is -4.24. The molecule has 1 aromatic carbocycles. The average Bonchev–Trinajstić information content (AvgIpc) is 3.02. The molecule has 1 aliphatic heterocycles. The van der Waals surface area contributed by atoms with Gasteiger partial charge in [0.2, 0.25) is 0 Å². The molecule has 2 aromatic rings. The van der Waals surface area contributed by atoms with Crippen LogP contribution in [0, 0.1) is 0 Å². The van der Waals surface area contributed by atoms with E-state index in [4.69, 9.17) is 20.1 Å². The molecule has 2 heterocycles. The van der Waals surface area contributed by atoms with Crippen LogP contribution in [0.1, 0.15) is 28.6 Å². The Morgan fingerprint density at radius 3 is 2.37 bits per heavy atom. The molecule has 164 valence electrons. The zero-order valence-electron chi connectivity index (χ0n) is 15.0. The molecule has 0 unspecified atom stereocenters. The molecule has 0 radical (unpaired) electrons. The molecule has 0 spiro atoms. The van der Waals surface area contributed by atoms with Crippen LogP contribution in [-0.2, 0) is 10.9 Å². The van der Waals surface area contributed by atoms with Gasteiger partial charge < -0.3 is 25.2 Å². The lowest BCUT2D eigenvalue weighted by Crippen LogP contribution is -2.36. The number of alkyl halides is 3. The zero-order chi connectivity index (χ0) is 22.6. The number of aromatic amines is 1. The Balaban J connectivity index is 0.000000269. The first kappa shape index (κ1) is 23.1. The zero-order valence-corrected chi connectivity index (χ0v) is 15.0. The monoisotopic (exact) mass is 434 g/mol. The molecule has 13 heteroatoms. The number of phenols is 1. The fourth-order valence-corrected chi connectivity index (χ4v) is 2.61. The number of nitrogens with zero attached hydrogens (tertiary/aromatic N) is 1. The second-order valence-corrected chi connectivity index (χ2v) is 6.14. The largest absolute Gasteiger partial charge is 0.507 e. The first-order valence-corrected chi connectivity index (χ1v) is 8.34. The molecule has 3 atom stereocenters. The third-order valence-corrected chi connectivity index (χ3v) is 4.10. The maximum absolute atomic E-state index is 12.6. The predicted octanol–water partition coefficient (Wildman–Crippen LogP) is 0.286. The Labute approximate surface area is 165 Å². The van der Waals surface area contributed by atoms with Crippen LogP contribution < -0.4 is 11.2 Å². The summed E-state index contributed by atoms with van der Waals surface area (Å²) in [7, 11) is 0. The van der Waals surface area contributed by atoms with Crippen LogP contribution in [0.2, 0.25) is 0 Å². The van der Waals surface area contributed by atoms with E-state index in [1.807, 2.05) is 0 Å². The van der Waals surface area contributed by atoms with Crippen LogP contribution in [0.3, 0.4) is 0 Å². The molecule has 1 aromatic heterocycles. The molecule has 1 fully saturated rings. The number of carboxylic acid groups (broad SMARTS) is 1. The van der Waals surface area contributed by atoms with Crippen LogP contribution in [0.25, 0.3) is 0 Å². The number of carbonyl (C=O) groups is 1. The van der Waals surface area contributed by atoms with Gasteiger partial charge >= 0.3 is 17.8 Å². The molecule has 5 N–H and O–H groups in total. The number of rotatable bonds is 3. The Bertz CT molecular complexity index is 1020. The molecule has 0 bridgehead atoms. The van der Waals surface area contributed by atoms with Crippen molar-refractivity contribution in [3.05, 3.63) is 62.4 Å². The van der Waals surface area contributed by atoms with E-state index in [9.17, 15) is 32.7 Å². The number of aromatic carboxylic acids is 1. The van der Waals surface area contributed by atoms with E-state index in [0.717, 1.165) is 0 Å². The standard InChI is InChI=1S/C10H11F3N2O5.C7H6O3/c11-10(12,13)4-2-15(9(19)14-8(4)18)7-1-5(17)6(3-16)20-7;8-6-4-2-1-3-5(6)7(9)10/h2,5-7,16-17H,1,3H2,(H,14,18,19);1-4,8H,(H,9,10)/t5-,6+,7+;/m0./s1. The van der Waals surface area contributed by atoms with E-state index in [0.29, 0.717) is 10.8 Å². The normalized spacial score (nSPS) is 21.0. The van der Waals surface area contributed by atoms with E-state index in [2.05, 4.69) is 0 Å². The highest BCUT2D eigenvalue weighted by atomic mass is 19.4. The summed E-state index contributed by atoms with van der Waals surface area (Å²) in [5.74, 6) is -1.31. The van der Waals surface area contributed by atoms with Crippen LogP contribution in [0.5, 0.6) is 5.75 Å². The fourth-order valence-electron chi connectivity index (χ4n) is 2.61. The third kappa shape index (κ3) is 5.25. The number of hydrogen-bond acceptors (Lipinski definition) is 7. The van der Waals surface area contributed by atoms with Gasteiger partial charge in [-0.1, -0.05) is 12.1 Å². The topological polar surface area (TPSA) is 162 Å². The summed E-state index contributed by atoms with van der Waals surface area (Å²) < 4.78 is 43.4. The van der Waals surface area contributed by atoms with Gasteiger partial charge in [0.1, 0.15) is 29.2 Å². The Morgan fingerprint density at radius 1 is 1.27 bits per heavy atom. The minimum absolute atomic E-state index is 0.0671. The average molecular weight is 434 g/mol. The first-order valence-electron chi connectivity index (χ1n) is 8.34. The number of aliphatic hydroxyl groups excluding tert-OH is 2. The number of aliphatic hydroxyl groups is 2. The minimum atomic E-state index is -4.92. The maximum atomic E-state index is 12.6. The van der Waals surface area contributed by atoms with Crippen LogP contribution in [0.15, 0.2) is 40.1 Å². The number of nitrogens with one attached hydrogen (secondary N) is 1. The van der Waals surface area contributed by atoms with Crippen LogP contribution in [0.4, 0.5) is 13.2 Å². The summed E-state index contributed by atoms with van der Waals surface area (Å²) in [5, 5.41) is 35.7. The number of para-hydroxylation sites is 1. The molecule has 1 aliphatic rings. The van der Waals surface area contributed by atoms with Crippen molar-refractivity contribution in [1.82, 2.24) is 9.55 Å². The maximum Gasteiger partial charge on any atom is 0.423 e. The van der Waals surface area contributed by atoms with Crippen molar-refractivity contribution >= 4 is 5.97 Å². The fraction of sp³-hybridized carbons (Fsp3) is 0.353. The molecule has 1 saturated heterocycles. The smallest absolute Gasteiger partial charge is 0.423 e. The molecular weight excluding hydrogens is 417 g/mol. The van der Waals surface area contributed by atoms with Crippen molar-refractivity contribution in [3.8, 4) is 5.75 Å². The van der Waals surface area contributed by atoms with Gasteiger partial charge in [-0.25, -0.2) is 9.59 Å². The van der Waals surface area contributed by atoms with Crippen LogP contribution in [-0.4, -0.2) is 54.8 Å². The predicted molar refractivity (Wildman–Crippen MR) is 93.0 cm³/mol. The van der Waals surface area contributed by atoms with E-state index < -0.39 is 54.0 Å².